The predicted molar refractivity (Wildman–Crippen MR) is 83.9 cm³/mol. The van der Waals surface area contributed by atoms with Crippen LogP contribution in [0.25, 0.3) is 0 Å². The van der Waals surface area contributed by atoms with Gasteiger partial charge in [0.2, 0.25) is 0 Å². The van der Waals surface area contributed by atoms with Gasteiger partial charge in [-0.1, -0.05) is 0 Å². The van der Waals surface area contributed by atoms with E-state index < -0.39 is 0 Å². The molecule has 0 fully saturated rings. The van der Waals surface area contributed by atoms with Gasteiger partial charge in [-0.2, -0.15) is 0 Å². The van der Waals surface area contributed by atoms with Crippen molar-refractivity contribution in [3.63, 3.8) is 0 Å². The van der Waals surface area contributed by atoms with Gasteiger partial charge in [0.25, 0.3) is 0 Å². The molecule has 2 aromatic rings. The number of hydrogen-bond acceptors (Lipinski definition) is 4. The molecule has 0 radical (unpaired) electrons. The van der Waals surface area contributed by atoms with Gasteiger partial charge in [0.15, 0.2) is 0 Å². The highest BCUT2D eigenvalue weighted by atomic mass is 16.3. The average molecular weight is 290 g/mol. The second kappa shape index (κ2) is 6.50. The third-order valence-electron chi connectivity index (χ3n) is 3.46. The molecule has 0 saturated carbocycles. The first-order chi connectivity index (χ1) is 9.85. The highest BCUT2D eigenvalue weighted by Crippen LogP contribution is 2.17. The highest BCUT2D eigenvalue weighted by molar-refractivity contribution is 5.19. The van der Waals surface area contributed by atoms with E-state index >= 15 is 0 Å². The molecular weight excluding hydrogens is 264 g/mol. The third-order valence-corrected chi connectivity index (χ3v) is 3.46. The minimum atomic E-state index is 0.0872. The van der Waals surface area contributed by atoms with Crippen LogP contribution >= 0.6 is 0 Å². The Morgan fingerprint density at radius 2 is 1.67 bits per heavy atom. The van der Waals surface area contributed by atoms with Crippen LogP contribution in [-0.2, 0) is 19.6 Å². The fraction of sp³-hybridized carbons (Fsp3) is 0.529. The summed E-state index contributed by atoms with van der Waals surface area (Å²) in [5.74, 6) is 2.00. The van der Waals surface area contributed by atoms with Crippen molar-refractivity contribution in [1.82, 2.24) is 10.2 Å². The van der Waals surface area contributed by atoms with Crippen molar-refractivity contribution in [1.29, 1.82) is 0 Å². The number of hydrogen-bond donors (Lipinski definition) is 1. The summed E-state index contributed by atoms with van der Waals surface area (Å²) in [5.41, 5.74) is 2.55. The van der Waals surface area contributed by atoms with E-state index in [0.717, 1.165) is 31.2 Å². The topological polar surface area (TPSA) is 41.6 Å². The monoisotopic (exact) mass is 290 g/mol. The van der Waals surface area contributed by atoms with Gasteiger partial charge in [0.05, 0.1) is 19.1 Å². The number of nitrogens with zero attached hydrogens (tertiary/aromatic N) is 1. The lowest BCUT2D eigenvalue weighted by Crippen LogP contribution is -2.35. The normalized spacial score (nSPS) is 12.3. The summed E-state index contributed by atoms with van der Waals surface area (Å²) in [4.78, 5) is 2.27. The quantitative estimate of drug-likeness (QED) is 0.880. The van der Waals surface area contributed by atoms with E-state index in [4.69, 9.17) is 8.83 Å². The van der Waals surface area contributed by atoms with Crippen molar-refractivity contribution in [3.8, 4) is 0 Å². The van der Waals surface area contributed by atoms with Crippen molar-refractivity contribution in [2.24, 2.45) is 0 Å². The Bertz CT molecular complexity index is 563. The summed E-state index contributed by atoms with van der Waals surface area (Å²) in [6.45, 7) is 11.0. The van der Waals surface area contributed by atoms with Gasteiger partial charge in [-0.05, 0) is 46.9 Å². The standard InChI is InChI=1S/C17H26N2O2/c1-13-14(6-8-20-13)11-19(5)12-15-7-9-21-16(15)10-18-17(2,3)4/h6-9,18H,10-12H2,1-5H3. The maximum Gasteiger partial charge on any atom is 0.122 e. The highest BCUT2D eigenvalue weighted by Gasteiger charge is 2.14. The molecule has 2 aromatic heterocycles. The third kappa shape index (κ3) is 4.76. The average Bonchev–Trinajstić information content (AvgIpc) is 2.96. The number of furan rings is 2. The van der Waals surface area contributed by atoms with Gasteiger partial charge < -0.3 is 14.2 Å². The lowest BCUT2D eigenvalue weighted by Gasteiger charge is -2.21. The van der Waals surface area contributed by atoms with Gasteiger partial charge in [0.1, 0.15) is 11.5 Å². The second-order valence-corrected chi connectivity index (χ2v) is 6.65. The van der Waals surface area contributed by atoms with Gasteiger partial charge >= 0.3 is 0 Å². The summed E-state index contributed by atoms with van der Waals surface area (Å²) < 4.78 is 11.0. The zero-order valence-electron chi connectivity index (χ0n) is 13.7. The van der Waals surface area contributed by atoms with E-state index in [9.17, 15) is 0 Å². The molecule has 0 aliphatic heterocycles. The van der Waals surface area contributed by atoms with Crippen LogP contribution in [0.5, 0.6) is 0 Å². The molecule has 0 atom stereocenters. The Morgan fingerprint density at radius 1 is 1.05 bits per heavy atom. The van der Waals surface area contributed by atoms with Crippen LogP contribution in [0.2, 0.25) is 0 Å². The zero-order chi connectivity index (χ0) is 15.5. The lowest BCUT2D eigenvalue weighted by atomic mass is 10.1. The van der Waals surface area contributed by atoms with E-state index in [1.54, 1.807) is 12.5 Å². The van der Waals surface area contributed by atoms with E-state index in [0.29, 0.717) is 0 Å². The van der Waals surface area contributed by atoms with E-state index in [-0.39, 0.29) is 5.54 Å². The Labute approximate surface area is 127 Å². The maximum atomic E-state index is 5.61. The summed E-state index contributed by atoms with van der Waals surface area (Å²) in [5, 5.41) is 3.47. The Morgan fingerprint density at radius 3 is 2.29 bits per heavy atom. The van der Waals surface area contributed by atoms with Crippen LogP contribution in [-0.4, -0.2) is 17.5 Å². The summed E-state index contributed by atoms with van der Waals surface area (Å²) in [7, 11) is 2.11. The van der Waals surface area contributed by atoms with Crippen molar-refractivity contribution >= 4 is 0 Å². The van der Waals surface area contributed by atoms with Crippen LogP contribution in [0.4, 0.5) is 0 Å². The fourth-order valence-corrected chi connectivity index (χ4v) is 2.22. The Kier molecular flexibility index (Phi) is 4.91. The van der Waals surface area contributed by atoms with E-state index in [1.807, 2.05) is 13.0 Å². The lowest BCUT2D eigenvalue weighted by molar-refractivity contribution is 0.310. The first-order valence-corrected chi connectivity index (χ1v) is 7.37. The van der Waals surface area contributed by atoms with Gasteiger partial charge in [-0.25, -0.2) is 0 Å². The van der Waals surface area contributed by atoms with Crippen molar-refractivity contribution < 1.29 is 8.83 Å². The minimum absolute atomic E-state index is 0.0872. The molecule has 0 aliphatic rings. The first kappa shape index (κ1) is 15.9. The number of rotatable bonds is 6. The van der Waals surface area contributed by atoms with Gasteiger partial charge in [0, 0.05) is 29.8 Å². The molecule has 0 aliphatic carbocycles. The van der Waals surface area contributed by atoms with Crippen molar-refractivity contribution in [2.45, 2.75) is 52.9 Å². The molecular formula is C17H26N2O2. The molecule has 0 saturated heterocycles. The van der Waals surface area contributed by atoms with Crippen molar-refractivity contribution in [2.75, 3.05) is 7.05 Å². The van der Waals surface area contributed by atoms with Crippen LogP contribution in [0.1, 0.15) is 43.4 Å². The molecule has 4 heteroatoms. The van der Waals surface area contributed by atoms with Gasteiger partial charge in [-0.3, -0.25) is 4.90 Å². The van der Waals surface area contributed by atoms with Crippen LogP contribution in [0.3, 0.4) is 0 Å². The maximum absolute atomic E-state index is 5.61. The SMILES string of the molecule is Cc1occc1CN(C)Cc1ccoc1CNC(C)(C)C. The Hall–Kier alpha value is -1.52. The molecule has 21 heavy (non-hydrogen) atoms. The second-order valence-electron chi connectivity index (χ2n) is 6.65. The molecule has 2 rings (SSSR count). The van der Waals surface area contributed by atoms with Crippen LogP contribution < -0.4 is 5.32 Å². The zero-order valence-corrected chi connectivity index (χ0v) is 13.7. The van der Waals surface area contributed by atoms with Crippen molar-refractivity contribution in [3.05, 3.63) is 47.3 Å². The molecule has 0 bridgehead atoms. The fourth-order valence-electron chi connectivity index (χ4n) is 2.22. The van der Waals surface area contributed by atoms with Crippen LogP contribution in [0, 0.1) is 6.92 Å². The molecule has 0 amide bonds. The predicted octanol–water partition coefficient (Wildman–Crippen LogP) is 3.70. The number of nitrogens with one attached hydrogen (secondary N) is 1. The van der Waals surface area contributed by atoms with Gasteiger partial charge in [-0.15, -0.1) is 0 Å². The first-order valence-electron chi connectivity index (χ1n) is 7.37. The van der Waals surface area contributed by atoms with E-state index in [2.05, 4.69) is 44.1 Å². The largest absolute Gasteiger partial charge is 0.469 e. The molecule has 0 unspecified atom stereocenters. The van der Waals surface area contributed by atoms with E-state index in [1.165, 1.54) is 11.1 Å². The smallest absolute Gasteiger partial charge is 0.122 e. The summed E-state index contributed by atoms with van der Waals surface area (Å²) in [6.07, 6.45) is 3.51. The Balaban J connectivity index is 1.94. The molecule has 116 valence electrons. The molecule has 2 heterocycles. The summed E-state index contributed by atoms with van der Waals surface area (Å²) in [6, 6.07) is 4.08. The molecule has 0 spiro atoms. The molecule has 0 aromatic carbocycles. The number of aryl methyl sites for hydroxylation is 1. The molecule has 1 N–H and O–H groups in total. The summed E-state index contributed by atoms with van der Waals surface area (Å²) >= 11 is 0. The molecule has 4 nitrogen and oxygen atoms in total. The minimum Gasteiger partial charge on any atom is -0.469 e. The van der Waals surface area contributed by atoms with Crippen LogP contribution in [0.15, 0.2) is 33.5 Å².